The monoisotopic (exact) mass is 123 g/mol. The highest BCUT2D eigenvalue weighted by atomic mass is 79.9. The summed E-state index contributed by atoms with van der Waals surface area (Å²) in [5.41, 5.74) is 0. The van der Waals surface area contributed by atoms with Gasteiger partial charge in [0, 0.05) is 6.20 Å². The van der Waals surface area contributed by atoms with Crippen LogP contribution < -0.4 is 0 Å². The predicted molar refractivity (Wildman–Crippen MR) is 24.1 cm³/mol. The quantitative estimate of drug-likeness (QED) is 0.432. The van der Waals surface area contributed by atoms with E-state index >= 15 is 0 Å². The lowest BCUT2D eigenvalue weighted by Gasteiger charge is -1.76. The van der Waals surface area contributed by atoms with Crippen molar-refractivity contribution in [2.45, 2.75) is 18.7 Å². The molecule has 0 bridgehead atoms. The lowest BCUT2D eigenvalue weighted by Crippen LogP contribution is -1.69. The minimum Gasteiger partial charge on any atom is -0.0897 e. The molecule has 0 nitrogen and oxygen atoms in total. The van der Waals surface area contributed by atoms with Crippen LogP contribution in [0, 0.1) is 0 Å². The summed E-state index contributed by atoms with van der Waals surface area (Å²) in [5.74, 6) is 0. The normalized spacial score (nSPS) is 19.0. The molecular formula is C3H7Br. The van der Waals surface area contributed by atoms with E-state index in [2.05, 4.69) is 15.9 Å². The molecule has 0 spiro atoms. The molecule has 26 valence electrons. The Bertz CT molecular complexity index is 20.9. The first-order valence-electron chi connectivity index (χ1n) is 1.91. The molecule has 0 heterocycles. The Morgan fingerprint density at radius 1 is 2.25 bits per heavy atom. The Kier molecular flexibility index (Phi) is 1.19. The fourth-order valence-corrected chi connectivity index (χ4v) is 0. The standard InChI is InChI=1S/C3H7Br/c1-3(2)4/h3H,1-2H3/i1D. The second-order valence-corrected chi connectivity index (χ2v) is 2.34. The van der Waals surface area contributed by atoms with Gasteiger partial charge in [0.05, 0.1) is 0 Å². The van der Waals surface area contributed by atoms with Crippen LogP contribution in [-0.2, 0) is 0 Å². The first-order chi connectivity index (χ1) is 2.27. The second-order valence-electron chi connectivity index (χ2n) is 0.781. The Hall–Kier alpha value is 0.480. The lowest BCUT2D eigenvalue weighted by molar-refractivity contribution is 1.14. The molecule has 0 aromatic heterocycles. The van der Waals surface area contributed by atoms with Crippen LogP contribution in [0.4, 0.5) is 0 Å². The van der Waals surface area contributed by atoms with Crippen molar-refractivity contribution in [2.24, 2.45) is 0 Å². The van der Waals surface area contributed by atoms with Crippen molar-refractivity contribution in [1.29, 1.82) is 0 Å². The molecule has 0 aromatic rings. The summed E-state index contributed by atoms with van der Waals surface area (Å²) in [4.78, 5) is 0.363. The Labute approximate surface area is 36.7 Å². The summed E-state index contributed by atoms with van der Waals surface area (Å²) < 4.78 is 6.61. The lowest BCUT2D eigenvalue weighted by atomic mass is 10.6. The van der Waals surface area contributed by atoms with Gasteiger partial charge < -0.3 is 0 Å². The predicted octanol–water partition coefficient (Wildman–Crippen LogP) is 1.79. The van der Waals surface area contributed by atoms with Gasteiger partial charge in [-0.05, 0) is 0 Å². The van der Waals surface area contributed by atoms with Crippen molar-refractivity contribution in [3.8, 4) is 0 Å². The van der Waals surface area contributed by atoms with Crippen LogP contribution in [0.5, 0.6) is 0 Å². The summed E-state index contributed by atoms with van der Waals surface area (Å²) in [6, 6.07) is 0. The van der Waals surface area contributed by atoms with E-state index in [-0.39, 0.29) is 0 Å². The molecule has 0 aliphatic rings. The molecule has 0 saturated heterocycles. The Balaban J connectivity index is 2.54. The van der Waals surface area contributed by atoms with E-state index in [9.17, 15) is 0 Å². The largest absolute Gasteiger partial charge is 0.0897 e. The van der Waals surface area contributed by atoms with Crippen molar-refractivity contribution >= 4 is 15.9 Å². The molecule has 0 N–H and O–H groups in total. The van der Waals surface area contributed by atoms with Gasteiger partial charge in [-0.15, -0.1) is 0 Å². The minimum atomic E-state index is 0.363. The molecule has 0 saturated carbocycles. The maximum atomic E-state index is 6.61. The van der Waals surface area contributed by atoms with E-state index in [1.807, 2.05) is 6.92 Å². The van der Waals surface area contributed by atoms with Gasteiger partial charge >= 0.3 is 0 Å². The first-order valence-corrected chi connectivity index (χ1v) is 2.12. The van der Waals surface area contributed by atoms with E-state index in [0.717, 1.165) is 0 Å². The molecule has 4 heavy (non-hydrogen) atoms. The van der Waals surface area contributed by atoms with E-state index in [1.54, 1.807) is 0 Å². The highest BCUT2D eigenvalue weighted by molar-refractivity contribution is 9.09. The van der Waals surface area contributed by atoms with Crippen molar-refractivity contribution in [3.05, 3.63) is 0 Å². The topological polar surface area (TPSA) is 0 Å². The van der Waals surface area contributed by atoms with Crippen LogP contribution in [0.1, 0.15) is 15.2 Å². The Morgan fingerprint density at radius 2 is 2.50 bits per heavy atom. The van der Waals surface area contributed by atoms with Gasteiger partial charge in [-0.2, -0.15) is 0 Å². The maximum absolute atomic E-state index is 6.61. The van der Waals surface area contributed by atoms with Crippen molar-refractivity contribution in [1.82, 2.24) is 0 Å². The summed E-state index contributed by atoms with van der Waals surface area (Å²) in [6.07, 6.45) is 0. The molecule has 0 radical (unpaired) electrons. The SMILES string of the molecule is [2H]CC(C)Br. The molecular weight excluding hydrogens is 116 g/mol. The van der Waals surface area contributed by atoms with Crippen LogP contribution in [0.3, 0.4) is 0 Å². The fourth-order valence-electron chi connectivity index (χ4n) is 0. The minimum absolute atomic E-state index is 0.363. The van der Waals surface area contributed by atoms with Crippen LogP contribution in [-0.4, -0.2) is 4.83 Å². The first kappa shape index (κ1) is 2.70. The highest BCUT2D eigenvalue weighted by Gasteiger charge is 1.71. The number of rotatable bonds is 0. The molecule has 0 fully saturated rings. The van der Waals surface area contributed by atoms with Crippen LogP contribution in [0.15, 0.2) is 0 Å². The number of alkyl halides is 1. The van der Waals surface area contributed by atoms with Crippen LogP contribution in [0.2, 0.25) is 0 Å². The molecule has 0 aliphatic heterocycles. The molecule has 1 atom stereocenters. The average Bonchev–Trinajstić information content (AvgIpc) is 1.38. The van der Waals surface area contributed by atoms with E-state index < -0.39 is 0 Å². The molecule has 0 amide bonds. The molecule has 1 heteroatoms. The zero-order chi connectivity index (χ0) is 4.28. The molecule has 0 aromatic carbocycles. The average molecular weight is 124 g/mol. The van der Waals surface area contributed by atoms with Gasteiger partial charge in [0.15, 0.2) is 0 Å². The summed E-state index contributed by atoms with van der Waals surface area (Å²) >= 11 is 3.19. The van der Waals surface area contributed by atoms with Gasteiger partial charge in [0.2, 0.25) is 0 Å². The number of hydrogen-bond acceptors (Lipinski definition) is 0. The third-order valence-electron chi connectivity index (χ3n) is 0. The smallest absolute Gasteiger partial charge is 0.0242 e. The summed E-state index contributed by atoms with van der Waals surface area (Å²) in [6.45, 7) is 2.42. The third-order valence-corrected chi connectivity index (χ3v) is 0. The van der Waals surface area contributed by atoms with Gasteiger partial charge in [0.25, 0.3) is 0 Å². The maximum Gasteiger partial charge on any atom is 0.0242 e. The van der Waals surface area contributed by atoms with Crippen LogP contribution in [0.25, 0.3) is 0 Å². The second kappa shape index (κ2) is 1.77. The van der Waals surface area contributed by atoms with Gasteiger partial charge in [-0.3, -0.25) is 0 Å². The van der Waals surface area contributed by atoms with E-state index in [1.165, 1.54) is 0 Å². The number of hydrogen-bond donors (Lipinski definition) is 0. The molecule has 0 aliphatic carbocycles. The summed E-state index contributed by atoms with van der Waals surface area (Å²) in [5, 5.41) is 0. The zero-order valence-electron chi connectivity index (χ0n) is 3.66. The fraction of sp³-hybridized carbons (Fsp3) is 1.00. The third kappa shape index (κ3) is 23.6. The van der Waals surface area contributed by atoms with Crippen molar-refractivity contribution < 1.29 is 1.37 Å². The van der Waals surface area contributed by atoms with Gasteiger partial charge in [0.1, 0.15) is 0 Å². The van der Waals surface area contributed by atoms with E-state index in [4.69, 9.17) is 1.37 Å². The van der Waals surface area contributed by atoms with Gasteiger partial charge in [-0.1, -0.05) is 29.8 Å². The molecule has 1 unspecified atom stereocenters. The molecule has 0 rings (SSSR count). The summed E-state index contributed by atoms with van der Waals surface area (Å²) in [7, 11) is 0. The van der Waals surface area contributed by atoms with E-state index in [0.29, 0.717) is 11.7 Å². The van der Waals surface area contributed by atoms with Crippen LogP contribution >= 0.6 is 15.9 Å². The van der Waals surface area contributed by atoms with Gasteiger partial charge in [-0.25, -0.2) is 0 Å². The zero-order valence-corrected chi connectivity index (χ0v) is 4.25. The Morgan fingerprint density at radius 3 is 2.50 bits per heavy atom. The van der Waals surface area contributed by atoms with Crippen molar-refractivity contribution in [3.63, 3.8) is 0 Å². The number of halogens is 1. The highest BCUT2D eigenvalue weighted by Crippen LogP contribution is 1.89. The van der Waals surface area contributed by atoms with Crippen molar-refractivity contribution in [2.75, 3.05) is 0 Å².